The van der Waals surface area contributed by atoms with Crippen LogP contribution in [-0.4, -0.2) is 109 Å². The lowest BCUT2D eigenvalue weighted by molar-refractivity contribution is -0.138. The van der Waals surface area contributed by atoms with Crippen LogP contribution in [0.1, 0.15) is 33.6 Å². The fraction of sp³-hybridized carbons (Fsp3) is 0.947. The molecule has 6 heteroatoms. The molecule has 0 spiro atoms. The molecule has 2 saturated heterocycles. The van der Waals surface area contributed by atoms with Gasteiger partial charge in [-0.3, -0.25) is 9.69 Å². The lowest BCUT2D eigenvalue weighted by Gasteiger charge is -2.37. The van der Waals surface area contributed by atoms with Gasteiger partial charge in [-0.1, -0.05) is 20.8 Å². The first-order valence-electron chi connectivity index (χ1n) is 9.93. The van der Waals surface area contributed by atoms with Crippen molar-refractivity contribution in [2.75, 3.05) is 78.5 Å². The van der Waals surface area contributed by atoms with Crippen LogP contribution in [-0.2, 0) is 4.79 Å². The molecule has 0 aliphatic carbocycles. The molecule has 1 N–H and O–H groups in total. The summed E-state index contributed by atoms with van der Waals surface area (Å²) in [4.78, 5) is 20.9. The number of hydrogen-bond acceptors (Lipinski definition) is 5. The Morgan fingerprint density at radius 2 is 1.24 bits per heavy atom. The molecule has 25 heavy (non-hydrogen) atoms. The second kappa shape index (κ2) is 9.86. The van der Waals surface area contributed by atoms with Crippen molar-refractivity contribution in [3.63, 3.8) is 0 Å². The number of rotatable bonds is 3. The van der Waals surface area contributed by atoms with E-state index >= 15 is 0 Å². The van der Waals surface area contributed by atoms with Crippen molar-refractivity contribution in [3.05, 3.63) is 0 Å². The van der Waals surface area contributed by atoms with Gasteiger partial charge in [0.15, 0.2) is 0 Å². The number of fused-ring (bicyclic) bond motifs is 3. The maximum atomic E-state index is 11.1. The SMILES string of the molecule is CC(C)(C)CN1CCCN2CCN(CCCN(CC(=O)O)CC2)CC1. The predicted molar refractivity (Wildman–Crippen MR) is 102 cm³/mol. The quantitative estimate of drug-likeness (QED) is 0.820. The average Bonchev–Trinajstić information content (AvgIpc) is 2.51. The fourth-order valence-corrected chi connectivity index (χ4v) is 3.96. The molecule has 0 aromatic rings. The van der Waals surface area contributed by atoms with Crippen molar-refractivity contribution < 1.29 is 9.90 Å². The Hall–Kier alpha value is -0.690. The summed E-state index contributed by atoms with van der Waals surface area (Å²) < 4.78 is 0. The highest BCUT2D eigenvalue weighted by atomic mass is 16.4. The van der Waals surface area contributed by atoms with Gasteiger partial charge in [-0.05, 0) is 37.9 Å². The van der Waals surface area contributed by atoms with Gasteiger partial charge >= 0.3 is 5.97 Å². The van der Waals surface area contributed by atoms with E-state index in [1.165, 1.54) is 13.0 Å². The second-order valence-corrected chi connectivity index (χ2v) is 8.90. The molecule has 6 nitrogen and oxygen atoms in total. The molecule has 2 heterocycles. The summed E-state index contributed by atoms with van der Waals surface area (Å²) in [6, 6.07) is 0. The molecule has 0 aromatic heterocycles. The molecule has 0 saturated carbocycles. The molecule has 2 unspecified atom stereocenters. The first kappa shape index (κ1) is 20.6. The molecule has 0 amide bonds. The van der Waals surface area contributed by atoms with Gasteiger partial charge in [0, 0.05) is 52.4 Å². The zero-order valence-corrected chi connectivity index (χ0v) is 16.5. The van der Waals surface area contributed by atoms with Crippen LogP contribution < -0.4 is 0 Å². The molecule has 2 rings (SSSR count). The zero-order chi connectivity index (χ0) is 18.3. The Labute approximate surface area is 153 Å². The van der Waals surface area contributed by atoms with Crippen molar-refractivity contribution in [2.24, 2.45) is 5.41 Å². The summed E-state index contributed by atoms with van der Waals surface area (Å²) in [7, 11) is 0. The maximum absolute atomic E-state index is 11.1. The molecule has 2 aliphatic rings. The van der Waals surface area contributed by atoms with Gasteiger partial charge < -0.3 is 19.8 Å². The smallest absolute Gasteiger partial charge is 0.317 e. The molecule has 0 aromatic carbocycles. The predicted octanol–water partition coefficient (Wildman–Crippen LogP) is 1.13. The normalized spacial score (nSPS) is 28.6. The van der Waals surface area contributed by atoms with E-state index in [1.54, 1.807) is 0 Å². The van der Waals surface area contributed by atoms with Crippen LogP contribution in [0, 0.1) is 5.41 Å². The summed E-state index contributed by atoms with van der Waals surface area (Å²) in [5, 5.41) is 9.12. The molecule has 146 valence electrons. The summed E-state index contributed by atoms with van der Waals surface area (Å²) in [5.74, 6) is -0.709. The molecule has 2 bridgehead atoms. The summed E-state index contributed by atoms with van der Waals surface area (Å²) in [5.41, 5.74) is 0.345. The van der Waals surface area contributed by atoms with Gasteiger partial charge in [0.2, 0.25) is 0 Å². The molecule has 2 atom stereocenters. The number of aliphatic carboxylic acids is 1. The number of carboxylic acids is 1. The van der Waals surface area contributed by atoms with Crippen molar-refractivity contribution >= 4 is 5.97 Å². The number of nitrogens with zero attached hydrogens (tertiary/aromatic N) is 4. The standard InChI is InChI=1S/C19H38N4O2/c1-19(2,3)17-23-9-5-7-20-10-11-21(13-15-23)6-4-8-22(14-12-20)16-18(24)25/h4-17H2,1-3H3,(H,24,25). The first-order chi connectivity index (χ1) is 11.8. The van der Waals surface area contributed by atoms with E-state index in [0.29, 0.717) is 5.41 Å². The second-order valence-electron chi connectivity index (χ2n) is 8.90. The Balaban J connectivity index is 1.97. The van der Waals surface area contributed by atoms with Crippen molar-refractivity contribution in [1.82, 2.24) is 19.6 Å². The topological polar surface area (TPSA) is 50.3 Å². The van der Waals surface area contributed by atoms with Gasteiger partial charge in [0.05, 0.1) is 6.54 Å². The summed E-state index contributed by atoms with van der Waals surface area (Å²) in [6.45, 7) is 19.0. The molecule has 0 radical (unpaired) electrons. The largest absolute Gasteiger partial charge is 0.480 e. The van der Waals surface area contributed by atoms with E-state index in [2.05, 4.69) is 40.4 Å². The Kier molecular flexibility index (Phi) is 8.13. The summed E-state index contributed by atoms with van der Waals surface area (Å²) >= 11 is 0. The highest BCUT2D eigenvalue weighted by Gasteiger charge is 2.21. The van der Waals surface area contributed by atoms with Crippen LogP contribution in [0.25, 0.3) is 0 Å². The monoisotopic (exact) mass is 354 g/mol. The molecule has 2 fully saturated rings. The van der Waals surface area contributed by atoms with Gasteiger partial charge in [-0.25, -0.2) is 0 Å². The van der Waals surface area contributed by atoms with Crippen LogP contribution in [0.15, 0.2) is 0 Å². The minimum absolute atomic E-state index is 0.174. The average molecular weight is 355 g/mol. The lowest BCUT2D eigenvalue weighted by Crippen LogP contribution is -2.48. The third-order valence-electron chi connectivity index (χ3n) is 5.15. The van der Waals surface area contributed by atoms with E-state index in [4.69, 9.17) is 5.11 Å². The molecular weight excluding hydrogens is 316 g/mol. The number of carbonyl (C=O) groups is 1. The third-order valence-corrected chi connectivity index (χ3v) is 5.15. The van der Waals surface area contributed by atoms with Crippen molar-refractivity contribution in [1.29, 1.82) is 0 Å². The van der Waals surface area contributed by atoms with E-state index < -0.39 is 5.97 Å². The van der Waals surface area contributed by atoms with E-state index in [9.17, 15) is 4.79 Å². The van der Waals surface area contributed by atoms with E-state index in [0.717, 1.165) is 71.9 Å². The minimum Gasteiger partial charge on any atom is -0.480 e. The first-order valence-corrected chi connectivity index (χ1v) is 9.93. The number of hydrogen-bond donors (Lipinski definition) is 1. The Morgan fingerprint density at radius 3 is 1.76 bits per heavy atom. The van der Waals surface area contributed by atoms with Crippen LogP contribution in [0.5, 0.6) is 0 Å². The maximum Gasteiger partial charge on any atom is 0.317 e. The highest BCUT2D eigenvalue weighted by Crippen LogP contribution is 2.16. The molecule has 2 aliphatic heterocycles. The zero-order valence-electron chi connectivity index (χ0n) is 16.5. The molecular formula is C19H38N4O2. The van der Waals surface area contributed by atoms with E-state index in [1.807, 2.05) is 0 Å². The van der Waals surface area contributed by atoms with Gasteiger partial charge in [-0.15, -0.1) is 0 Å². The lowest BCUT2D eigenvalue weighted by atomic mass is 9.96. The van der Waals surface area contributed by atoms with E-state index in [-0.39, 0.29) is 6.54 Å². The van der Waals surface area contributed by atoms with Crippen molar-refractivity contribution in [3.8, 4) is 0 Å². The minimum atomic E-state index is -0.709. The van der Waals surface area contributed by atoms with Gasteiger partial charge in [0.1, 0.15) is 0 Å². The summed E-state index contributed by atoms with van der Waals surface area (Å²) in [6.07, 6.45) is 2.27. The van der Waals surface area contributed by atoms with Crippen LogP contribution in [0.3, 0.4) is 0 Å². The fourth-order valence-electron chi connectivity index (χ4n) is 3.96. The Bertz CT molecular complexity index is 411. The van der Waals surface area contributed by atoms with Crippen LogP contribution in [0.2, 0.25) is 0 Å². The van der Waals surface area contributed by atoms with Gasteiger partial charge in [0.25, 0.3) is 0 Å². The Morgan fingerprint density at radius 1 is 0.760 bits per heavy atom. The highest BCUT2D eigenvalue weighted by molar-refractivity contribution is 5.69. The van der Waals surface area contributed by atoms with Crippen molar-refractivity contribution in [2.45, 2.75) is 33.6 Å². The third kappa shape index (κ3) is 8.49. The number of carboxylic acid groups (broad SMARTS) is 1. The van der Waals surface area contributed by atoms with Crippen LogP contribution in [0.4, 0.5) is 0 Å². The van der Waals surface area contributed by atoms with Gasteiger partial charge in [-0.2, -0.15) is 0 Å². The van der Waals surface area contributed by atoms with Crippen LogP contribution >= 0.6 is 0 Å².